The van der Waals surface area contributed by atoms with Gasteiger partial charge in [0.25, 0.3) is 0 Å². The lowest BCUT2D eigenvalue weighted by Crippen LogP contribution is -1.98. The van der Waals surface area contributed by atoms with Gasteiger partial charge in [-0.2, -0.15) is 0 Å². The van der Waals surface area contributed by atoms with E-state index in [0.29, 0.717) is 5.75 Å². The zero-order valence-corrected chi connectivity index (χ0v) is 13.1. The third-order valence-electron chi connectivity index (χ3n) is 3.21. The van der Waals surface area contributed by atoms with Crippen LogP contribution in [0.25, 0.3) is 16.6 Å². The zero-order valence-electron chi connectivity index (χ0n) is 12.3. The molecule has 6 heteroatoms. The van der Waals surface area contributed by atoms with Crippen molar-refractivity contribution in [3.63, 3.8) is 0 Å². The predicted molar refractivity (Wildman–Crippen MR) is 88.9 cm³/mol. The second-order valence-corrected chi connectivity index (χ2v) is 6.25. The van der Waals surface area contributed by atoms with Gasteiger partial charge in [0.1, 0.15) is 5.65 Å². The van der Waals surface area contributed by atoms with Crippen molar-refractivity contribution in [3.05, 3.63) is 30.2 Å². The van der Waals surface area contributed by atoms with Crippen molar-refractivity contribution < 1.29 is 4.21 Å². The summed E-state index contributed by atoms with van der Waals surface area (Å²) in [6.45, 7) is 2.09. The summed E-state index contributed by atoms with van der Waals surface area (Å²) in [5, 5.41) is 0.911. The Kier molecular flexibility index (Phi) is 5.27. The van der Waals surface area contributed by atoms with Crippen molar-refractivity contribution in [3.8, 4) is 0 Å². The number of nitrogens with two attached hydrogens (primary N) is 1. The normalized spacial score (nSPS) is 14.1. The maximum atomic E-state index is 12.2. The Labute approximate surface area is 126 Å². The van der Waals surface area contributed by atoms with E-state index < -0.39 is 10.8 Å². The molecule has 0 aromatic carbocycles. The number of allylic oxidation sites excluding steroid dienone is 1. The molecule has 0 aliphatic rings. The molecule has 0 aliphatic carbocycles. The Bertz CT molecular complexity index is 703. The molecule has 5 nitrogen and oxygen atoms in total. The summed E-state index contributed by atoms with van der Waals surface area (Å²) in [5.74, 6) is 0.666. The lowest BCUT2D eigenvalue weighted by atomic mass is 10.1. The zero-order chi connectivity index (χ0) is 15.2. The van der Waals surface area contributed by atoms with Gasteiger partial charge in [0.15, 0.2) is 0 Å². The Morgan fingerprint density at radius 1 is 1.57 bits per heavy atom. The van der Waals surface area contributed by atoms with E-state index in [1.807, 2.05) is 12.3 Å². The van der Waals surface area contributed by atoms with Crippen LogP contribution in [0, 0.1) is 0 Å². The molecule has 2 aromatic rings. The molecule has 21 heavy (non-hydrogen) atoms. The van der Waals surface area contributed by atoms with Crippen molar-refractivity contribution in [2.24, 2.45) is 10.7 Å². The van der Waals surface area contributed by atoms with E-state index in [0.717, 1.165) is 39.9 Å². The maximum absolute atomic E-state index is 12.2. The SMILES string of the molecule is CCCCS(=O)c1cnc2[nH]cc(C(C=NC)=CN)c2c1. The molecule has 2 rings (SSSR count). The molecule has 0 aliphatic heterocycles. The van der Waals surface area contributed by atoms with Gasteiger partial charge in [-0.25, -0.2) is 4.98 Å². The second-order valence-electron chi connectivity index (χ2n) is 4.68. The van der Waals surface area contributed by atoms with Gasteiger partial charge in [-0.1, -0.05) is 13.3 Å². The number of H-pyrrole nitrogens is 1. The summed E-state index contributed by atoms with van der Waals surface area (Å²) in [4.78, 5) is 12.2. The highest BCUT2D eigenvalue weighted by Gasteiger charge is 2.11. The van der Waals surface area contributed by atoms with E-state index in [-0.39, 0.29) is 0 Å². The standard InChI is InChI=1S/C15H20N4OS/c1-3-4-5-21(20)12-6-13-14(11(7-16)8-17-2)10-19-15(13)18-9-12/h6-10H,3-5,16H2,1-2H3,(H,18,19). The van der Waals surface area contributed by atoms with Crippen LogP contribution < -0.4 is 5.73 Å². The number of nitrogens with one attached hydrogen (secondary N) is 1. The van der Waals surface area contributed by atoms with Gasteiger partial charge in [0.2, 0.25) is 0 Å². The molecule has 1 unspecified atom stereocenters. The molecule has 2 aromatic heterocycles. The summed E-state index contributed by atoms with van der Waals surface area (Å²) in [5.41, 5.74) is 8.14. The fourth-order valence-corrected chi connectivity index (χ4v) is 3.29. The third-order valence-corrected chi connectivity index (χ3v) is 4.62. The summed E-state index contributed by atoms with van der Waals surface area (Å²) in [7, 11) is 0.685. The van der Waals surface area contributed by atoms with Crippen LogP contribution >= 0.6 is 0 Å². The van der Waals surface area contributed by atoms with Crippen molar-refractivity contribution in [2.75, 3.05) is 12.8 Å². The number of fused-ring (bicyclic) bond motifs is 1. The fourth-order valence-electron chi connectivity index (χ4n) is 2.08. The van der Waals surface area contributed by atoms with Gasteiger partial charge in [-0.05, 0) is 12.5 Å². The average Bonchev–Trinajstić information content (AvgIpc) is 2.93. The smallest absolute Gasteiger partial charge is 0.137 e. The highest BCUT2D eigenvalue weighted by atomic mass is 32.2. The Morgan fingerprint density at radius 3 is 3.05 bits per heavy atom. The number of nitrogens with zero attached hydrogens (tertiary/aromatic N) is 2. The number of unbranched alkanes of at least 4 members (excludes halogenated alkanes) is 1. The predicted octanol–water partition coefficient (Wildman–Crippen LogP) is 2.47. The molecule has 112 valence electrons. The van der Waals surface area contributed by atoms with Crippen LogP contribution in [0.15, 0.2) is 34.5 Å². The van der Waals surface area contributed by atoms with Crippen molar-refractivity contribution in [2.45, 2.75) is 24.7 Å². The second kappa shape index (κ2) is 7.17. The third kappa shape index (κ3) is 3.39. The van der Waals surface area contributed by atoms with Gasteiger partial charge in [-0.3, -0.25) is 9.20 Å². The van der Waals surface area contributed by atoms with Crippen LogP contribution in [0.3, 0.4) is 0 Å². The summed E-state index contributed by atoms with van der Waals surface area (Å²) >= 11 is 0. The molecule has 0 amide bonds. The number of aliphatic imine (C=N–C) groups is 1. The van der Waals surface area contributed by atoms with E-state index in [1.165, 1.54) is 6.20 Å². The first-order chi connectivity index (χ1) is 10.2. The molecule has 3 N–H and O–H groups in total. The molecule has 0 spiro atoms. The largest absolute Gasteiger partial charge is 0.404 e. The Balaban J connectivity index is 2.44. The number of hydrogen-bond donors (Lipinski definition) is 2. The van der Waals surface area contributed by atoms with Gasteiger partial charge >= 0.3 is 0 Å². The number of rotatable bonds is 6. The molecule has 0 radical (unpaired) electrons. The Morgan fingerprint density at radius 2 is 2.38 bits per heavy atom. The summed E-state index contributed by atoms with van der Waals surface area (Å²) < 4.78 is 12.2. The first-order valence-electron chi connectivity index (χ1n) is 6.91. The van der Waals surface area contributed by atoms with Gasteiger partial charge < -0.3 is 10.7 Å². The van der Waals surface area contributed by atoms with E-state index in [2.05, 4.69) is 21.9 Å². The van der Waals surface area contributed by atoms with Crippen LogP contribution in [0.4, 0.5) is 0 Å². The highest BCUT2D eigenvalue weighted by molar-refractivity contribution is 7.85. The quantitative estimate of drug-likeness (QED) is 0.804. The minimum Gasteiger partial charge on any atom is -0.404 e. The maximum Gasteiger partial charge on any atom is 0.137 e. The van der Waals surface area contributed by atoms with E-state index in [9.17, 15) is 4.21 Å². The fraction of sp³-hybridized carbons (Fsp3) is 0.333. The monoisotopic (exact) mass is 304 g/mol. The van der Waals surface area contributed by atoms with Crippen molar-refractivity contribution in [1.29, 1.82) is 0 Å². The van der Waals surface area contributed by atoms with Gasteiger partial charge in [-0.15, -0.1) is 0 Å². The van der Waals surface area contributed by atoms with E-state index in [1.54, 1.807) is 19.5 Å². The molecule has 0 saturated carbocycles. The van der Waals surface area contributed by atoms with Gasteiger partial charge in [0.05, 0.1) is 15.7 Å². The first kappa shape index (κ1) is 15.4. The summed E-state index contributed by atoms with van der Waals surface area (Å²) in [6, 6.07) is 1.92. The van der Waals surface area contributed by atoms with Crippen LogP contribution in [0.5, 0.6) is 0 Å². The number of hydrogen-bond acceptors (Lipinski definition) is 4. The minimum atomic E-state index is -1.01. The molecule has 0 bridgehead atoms. The number of pyridine rings is 1. The molecule has 0 fully saturated rings. The van der Waals surface area contributed by atoms with Gasteiger partial charge in [0, 0.05) is 54.1 Å². The first-order valence-corrected chi connectivity index (χ1v) is 8.23. The molecular formula is C15H20N4OS. The molecule has 1 atom stereocenters. The van der Waals surface area contributed by atoms with Crippen LogP contribution in [-0.4, -0.2) is 33.2 Å². The number of aromatic amines is 1. The minimum absolute atomic E-state index is 0.666. The Hall–Kier alpha value is -1.95. The van der Waals surface area contributed by atoms with Crippen molar-refractivity contribution in [1.82, 2.24) is 9.97 Å². The van der Waals surface area contributed by atoms with Crippen LogP contribution in [0.2, 0.25) is 0 Å². The van der Waals surface area contributed by atoms with Crippen LogP contribution in [-0.2, 0) is 10.8 Å². The molecule has 2 heterocycles. The lowest BCUT2D eigenvalue weighted by molar-refractivity contribution is 0.679. The van der Waals surface area contributed by atoms with Crippen molar-refractivity contribution >= 4 is 33.6 Å². The lowest BCUT2D eigenvalue weighted by Gasteiger charge is -2.03. The molecular weight excluding hydrogens is 284 g/mol. The van der Waals surface area contributed by atoms with E-state index in [4.69, 9.17) is 5.73 Å². The number of aromatic nitrogens is 2. The molecule has 0 saturated heterocycles. The average molecular weight is 304 g/mol. The topological polar surface area (TPSA) is 84.1 Å². The summed E-state index contributed by atoms with van der Waals surface area (Å²) in [6.07, 6.45) is 8.70. The van der Waals surface area contributed by atoms with E-state index >= 15 is 0 Å². The highest BCUT2D eigenvalue weighted by Crippen LogP contribution is 2.24. The van der Waals surface area contributed by atoms with Crippen LogP contribution in [0.1, 0.15) is 25.3 Å².